The lowest BCUT2D eigenvalue weighted by molar-refractivity contribution is 0.0953. The van der Waals surface area contributed by atoms with E-state index in [1.165, 1.54) is 0 Å². The second-order valence-corrected chi connectivity index (χ2v) is 5.83. The molecule has 0 atom stereocenters. The molecule has 0 aliphatic heterocycles. The van der Waals surface area contributed by atoms with Gasteiger partial charge in [-0.1, -0.05) is 25.5 Å². The van der Waals surface area contributed by atoms with Crippen molar-refractivity contribution in [1.82, 2.24) is 10.3 Å². The Kier molecular flexibility index (Phi) is 6.61. The van der Waals surface area contributed by atoms with Crippen molar-refractivity contribution >= 4 is 17.4 Å². The smallest absolute Gasteiger partial charge is 0.252 e. The molecule has 24 heavy (non-hydrogen) atoms. The monoisotopic (exact) mass is 327 g/mol. The van der Waals surface area contributed by atoms with Crippen molar-refractivity contribution in [2.45, 2.75) is 39.7 Å². The summed E-state index contributed by atoms with van der Waals surface area (Å²) in [5.41, 5.74) is 1.40. The fourth-order valence-corrected chi connectivity index (χ4v) is 2.15. The van der Waals surface area contributed by atoms with Gasteiger partial charge in [-0.25, -0.2) is 4.98 Å². The van der Waals surface area contributed by atoms with Crippen molar-refractivity contribution in [2.24, 2.45) is 0 Å². The molecule has 2 rings (SSSR count). The lowest BCUT2D eigenvalue weighted by Gasteiger charge is -2.15. The molecule has 0 aliphatic rings. The molecule has 1 heterocycles. The molecule has 0 radical (unpaired) electrons. The Hall–Kier alpha value is -2.56. The maximum Gasteiger partial charge on any atom is 0.252 e. The number of pyridine rings is 1. The van der Waals surface area contributed by atoms with E-state index in [1.54, 1.807) is 18.3 Å². The predicted molar refractivity (Wildman–Crippen MR) is 97.0 cm³/mol. The largest absolute Gasteiger partial charge is 0.489 e. The Labute approximate surface area is 143 Å². The SMILES string of the molecule is CCCCNC(=O)c1ccc(Nc2ccccc2OC(C)C)nc1. The maximum atomic E-state index is 12.0. The number of unbranched alkanes of at least 4 members (excludes halogenated alkanes) is 1. The van der Waals surface area contributed by atoms with Gasteiger partial charge in [0.25, 0.3) is 5.91 Å². The highest BCUT2D eigenvalue weighted by molar-refractivity contribution is 5.94. The second kappa shape index (κ2) is 8.91. The normalized spacial score (nSPS) is 10.5. The number of hydrogen-bond acceptors (Lipinski definition) is 4. The van der Waals surface area contributed by atoms with Crippen LogP contribution in [-0.2, 0) is 0 Å². The summed E-state index contributed by atoms with van der Waals surface area (Å²) in [4.78, 5) is 16.3. The Morgan fingerprint density at radius 1 is 1.21 bits per heavy atom. The average molecular weight is 327 g/mol. The number of anilines is 2. The van der Waals surface area contributed by atoms with E-state index in [4.69, 9.17) is 4.74 Å². The lowest BCUT2D eigenvalue weighted by atomic mass is 10.2. The number of ether oxygens (including phenoxy) is 1. The van der Waals surface area contributed by atoms with Crippen LogP contribution in [-0.4, -0.2) is 23.5 Å². The third-order valence-corrected chi connectivity index (χ3v) is 3.35. The minimum atomic E-state index is -0.0916. The zero-order valence-corrected chi connectivity index (χ0v) is 14.5. The summed E-state index contributed by atoms with van der Waals surface area (Å²) in [7, 11) is 0. The average Bonchev–Trinajstić information content (AvgIpc) is 2.57. The summed E-state index contributed by atoms with van der Waals surface area (Å²) in [6.07, 6.45) is 3.70. The van der Waals surface area contributed by atoms with Crippen LogP contribution in [0.25, 0.3) is 0 Å². The van der Waals surface area contributed by atoms with Gasteiger partial charge in [-0.15, -0.1) is 0 Å². The molecule has 1 aromatic carbocycles. The summed E-state index contributed by atoms with van der Waals surface area (Å²) in [5.74, 6) is 1.35. The summed E-state index contributed by atoms with van der Waals surface area (Å²) < 4.78 is 5.78. The molecule has 0 saturated heterocycles. The van der Waals surface area contributed by atoms with Crippen molar-refractivity contribution in [2.75, 3.05) is 11.9 Å². The Balaban J connectivity index is 2.03. The first-order valence-corrected chi connectivity index (χ1v) is 8.37. The molecule has 5 nitrogen and oxygen atoms in total. The molecule has 0 unspecified atom stereocenters. The number of hydrogen-bond donors (Lipinski definition) is 2. The quantitative estimate of drug-likeness (QED) is 0.715. The van der Waals surface area contributed by atoms with Crippen LogP contribution < -0.4 is 15.4 Å². The highest BCUT2D eigenvalue weighted by Gasteiger charge is 2.08. The van der Waals surface area contributed by atoms with Gasteiger partial charge < -0.3 is 15.4 Å². The summed E-state index contributed by atoms with van der Waals surface area (Å²) >= 11 is 0. The Morgan fingerprint density at radius 2 is 2.00 bits per heavy atom. The van der Waals surface area contributed by atoms with Gasteiger partial charge in [0.05, 0.1) is 17.4 Å². The summed E-state index contributed by atoms with van der Waals surface area (Å²) in [6.45, 7) is 6.76. The van der Waals surface area contributed by atoms with E-state index in [2.05, 4.69) is 22.5 Å². The van der Waals surface area contributed by atoms with Gasteiger partial charge in [-0.2, -0.15) is 0 Å². The van der Waals surface area contributed by atoms with Gasteiger partial charge in [0.15, 0.2) is 0 Å². The third kappa shape index (κ3) is 5.26. The van der Waals surface area contributed by atoms with Crippen molar-refractivity contribution < 1.29 is 9.53 Å². The van der Waals surface area contributed by atoms with Crippen LogP contribution in [0.3, 0.4) is 0 Å². The number of para-hydroxylation sites is 2. The number of nitrogens with zero attached hydrogens (tertiary/aromatic N) is 1. The van der Waals surface area contributed by atoms with Crippen LogP contribution in [0.15, 0.2) is 42.6 Å². The number of nitrogens with one attached hydrogen (secondary N) is 2. The summed E-state index contributed by atoms with van der Waals surface area (Å²) in [6, 6.07) is 11.3. The molecule has 2 aromatic rings. The molecule has 128 valence electrons. The van der Waals surface area contributed by atoms with Crippen LogP contribution >= 0.6 is 0 Å². The fraction of sp³-hybridized carbons (Fsp3) is 0.368. The van der Waals surface area contributed by atoms with Crippen LogP contribution in [0.4, 0.5) is 11.5 Å². The van der Waals surface area contributed by atoms with E-state index in [0.717, 1.165) is 24.3 Å². The number of carbonyl (C=O) groups is 1. The van der Waals surface area contributed by atoms with E-state index < -0.39 is 0 Å². The van der Waals surface area contributed by atoms with E-state index in [9.17, 15) is 4.79 Å². The highest BCUT2D eigenvalue weighted by atomic mass is 16.5. The zero-order chi connectivity index (χ0) is 17.4. The molecule has 1 aromatic heterocycles. The van der Waals surface area contributed by atoms with E-state index in [-0.39, 0.29) is 12.0 Å². The van der Waals surface area contributed by atoms with Crippen molar-refractivity contribution in [3.8, 4) is 5.75 Å². The standard InChI is InChI=1S/C19H25N3O2/c1-4-5-12-20-19(23)15-10-11-18(21-13-15)22-16-8-6-7-9-17(16)24-14(2)3/h6-11,13-14H,4-5,12H2,1-3H3,(H,20,23)(H,21,22). The Bertz CT molecular complexity index is 654. The van der Waals surface area contributed by atoms with Crippen LogP contribution in [0.5, 0.6) is 5.75 Å². The molecule has 0 saturated carbocycles. The molecular weight excluding hydrogens is 302 g/mol. The minimum Gasteiger partial charge on any atom is -0.489 e. The number of amides is 1. The predicted octanol–water partition coefficient (Wildman–Crippen LogP) is 4.14. The second-order valence-electron chi connectivity index (χ2n) is 5.83. The van der Waals surface area contributed by atoms with Gasteiger partial charge in [0.1, 0.15) is 11.6 Å². The first kappa shape index (κ1) is 17.8. The molecule has 1 amide bonds. The highest BCUT2D eigenvalue weighted by Crippen LogP contribution is 2.27. The van der Waals surface area contributed by atoms with Crippen molar-refractivity contribution in [1.29, 1.82) is 0 Å². The fourth-order valence-electron chi connectivity index (χ4n) is 2.15. The molecular formula is C19H25N3O2. The van der Waals surface area contributed by atoms with E-state index in [0.29, 0.717) is 17.9 Å². The van der Waals surface area contributed by atoms with Crippen LogP contribution in [0, 0.1) is 0 Å². The Morgan fingerprint density at radius 3 is 2.67 bits per heavy atom. The molecule has 5 heteroatoms. The van der Waals surface area contributed by atoms with Crippen molar-refractivity contribution in [3.63, 3.8) is 0 Å². The van der Waals surface area contributed by atoms with Gasteiger partial charge in [0.2, 0.25) is 0 Å². The molecule has 0 bridgehead atoms. The van der Waals surface area contributed by atoms with Crippen LogP contribution in [0.1, 0.15) is 44.0 Å². The van der Waals surface area contributed by atoms with E-state index in [1.807, 2.05) is 38.1 Å². The molecule has 0 spiro atoms. The number of aromatic nitrogens is 1. The number of carbonyl (C=O) groups excluding carboxylic acids is 1. The first-order chi connectivity index (χ1) is 11.6. The van der Waals surface area contributed by atoms with Gasteiger partial charge >= 0.3 is 0 Å². The maximum absolute atomic E-state index is 12.0. The summed E-state index contributed by atoms with van der Waals surface area (Å²) in [5, 5.41) is 6.11. The zero-order valence-electron chi connectivity index (χ0n) is 14.5. The van der Waals surface area contributed by atoms with Gasteiger partial charge in [-0.3, -0.25) is 4.79 Å². The van der Waals surface area contributed by atoms with Crippen LogP contribution in [0.2, 0.25) is 0 Å². The molecule has 0 fully saturated rings. The molecule has 0 aliphatic carbocycles. The molecule has 2 N–H and O–H groups in total. The minimum absolute atomic E-state index is 0.0916. The number of rotatable bonds is 8. The lowest BCUT2D eigenvalue weighted by Crippen LogP contribution is -2.24. The van der Waals surface area contributed by atoms with Crippen molar-refractivity contribution in [3.05, 3.63) is 48.2 Å². The van der Waals surface area contributed by atoms with Gasteiger partial charge in [0, 0.05) is 12.7 Å². The van der Waals surface area contributed by atoms with E-state index >= 15 is 0 Å². The third-order valence-electron chi connectivity index (χ3n) is 3.35. The first-order valence-electron chi connectivity index (χ1n) is 8.37. The topological polar surface area (TPSA) is 63.2 Å². The van der Waals surface area contributed by atoms with Gasteiger partial charge in [-0.05, 0) is 44.5 Å². The number of benzene rings is 1.